The van der Waals surface area contributed by atoms with Crippen LogP contribution in [0.2, 0.25) is 0 Å². The maximum atomic E-state index is 9.57. The van der Waals surface area contributed by atoms with E-state index in [1.165, 1.54) is 44.1 Å². The van der Waals surface area contributed by atoms with Gasteiger partial charge in [-0.05, 0) is 96.2 Å². The van der Waals surface area contributed by atoms with Gasteiger partial charge in [-0.25, -0.2) is 0 Å². The van der Waals surface area contributed by atoms with Crippen LogP contribution in [0.3, 0.4) is 0 Å². The zero-order valence-corrected chi connectivity index (χ0v) is 23.7. The zero-order chi connectivity index (χ0) is 28.8. The average molecular weight is 546 g/mol. The second kappa shape index (κ2) is 10.5. The lowest BCUT2D eigenvalue weighted by molar-refractivity contribution is 0.426. The summed E-state index contributed by atoms with van der Waals surface area (Å²) < 4.78 is 4.60. The van der Waals surface area contributed by atoms with E-state index in [0.717, 1.165) is 28.8 Å². The van der Waals surface area contributed by atoms with Gasteiger partial charge in [-0.2, -0.15) is 0 Å². The first kappa shape index (κ1) is 26.1. The molecule has 7 rings (SSSR count). The van der Waals surface area contributed by atoms with Crippen LogP contribution in [0.25, 0.3) is 61.3 Å². The predicted octanol–water partition coefficient (Wildman–Crippen LogP) is 7.81. The molecule has 0 bridgehead atoms. The van der Waals surface area contributed by atoms with Crippen molar-refractivity contribution in [3.63, 3.8) is 0 Å². The van der Waals surface area contributed by atoms with E-state index in [-0.39, 0.29) is 0 Å². The molecule has 5 aromatic carbocycles. The molecule has 0 aliphatic heterocycles. The van der Waals surface area contributed by atoms with Crippen LogP contribution in [0.4, 0.5) is 0 Å². The fourth-order valence-electron chi connectivity index (χ4n) is 6.16. The third-order valence-corrected chi connectivity index (χ3v) is 8.25. The van der Waals surface area contributed by atoms with Crippen LogP contribution < -0.4 is 5.46 Å². The van der Waals surface area contributed by atoms with Gasteiger partial charge in [0.05, 0.1) is 16.6 Å². The summed E-state index contributed by atoms with van der Waals surface area (Å²) in [5.41, 5.74) is 10.9. The number of hydrogen-bond acceptors (Lipinski definition) is 2. The Bertz CT molecular complexity index is 2100. The lowest BCUT2D eigenvalue weighted by Gasteiger charge is -2.10. The maximum absolute atomic E-state index is 9.57. The first-order chi connectivity index (χ1) is 20.5. The molecule has 42 heavy (non-hydrogen) atoms. The van der Waals surface area contributed by atoms with E-state index in [4.69, 9.17) is 0 Å². The topological polar surface area (TPSA) is 50.3 Å². The van der Waals surface area contributed by atoms with Crippen molar-refractivity contribution < 1.29 is 10.0 Å². The molecule has 0 fully saturated rings. The normalized spacial score (nSPS) is 11.8. The van der Waals surface area contributed by atoms with Gasteiger partial charge in [0, 0.05) is 33.2 Å². The van der Waals surface area contributed by atoms with Crippen LogP contribution in [0, 0.1) is 6.92 Å². The Balaban J connectivity index is 1.40. The van der Waals surface area contributed by atoms with Crippen molar-refractivity contribution >= 4 is 51.4 Å². The third-order valence-electron chi connectivity index (χ3n) is 8.25. The molecule has 0 unspecified atom stereocenters. The SMILES string of the molecule is CC/C=C\c1c(C)c2cc(-c3ccc4c(c3)c3ccccc3n4-c3ccc(B(O)O)cc3)ccc2n1-c1ccccc1. The third kappa shape index (κ3) is 4.26. The van der Waals surface area contributed by atoms with Gasteiger partial charge in [0.2, 0.25) is 0 Å². The summed E-state index contributed by atoms with van der Waals surface area (Å²) in [5.74, 6) is 0. The lowest BCUT2D eigenvalue weighted by Crippen LogP contribution is -2.29. The highest BCUT2D eigenvalue weighted by molar-refractivity contribution is 6.58. The van der Waals surface area contributed by atoms with Gasteiger partial charge in [-0.1, -0.05) is 73.7 Å². The number of rotatable bonds is 6. The molecule has 0 aliphatic rings. The van der Waals surface area contributed by atoms with Crippen LogP contribution in [0.5, 0.6) is 0 Å². The van der Waals surface area contributed by atoms with E-state index in [9.17, 15) is 10.0 Å². The fraction of sp³-hybridized carbons (Fsp3) is 0.0811. The van der Waals surface area contributed by atoms with Crippen molar-refractivity contribution in [3.05, 3.63) is 133 Å². The van der Waals surface area contributed by atoms with E-state index in [2.05, 4.69) is 126 Å². The summed E-state index contributed by atoms with van der Waals surface area (Å²) in [6, 6.07) is 39.9. The van der Waals surface area contributed by atoms with Gasteiger partial charge in [0.25, 0.3) is 0 Å². The molecule has 204 valence electrons. The molecule has 4 nitrogen and oxygen atoms in total. The largest absolute Gasteiger partial charge is 0.488 e. The number of nitrogens with zero attached hydrogens (tertiary/aromatic N) is 2. The molecule has 0 atom stereocenters. The van der Waals surface area contributed by atoms with E-state index in [1.807, 2.05) is 12.1 Å². The molecular formula is C37H31BN2O2. The standard InChI is InChI=1S/C37H31BN2O2/c1-3-4-13-34-25(2)32-23-26(15-21-36(32)39(34)29-10-6-5-7-11-29)27-16-22-37-33(24-27)31-12-8-9-14-35(31)40(37)30-19-17-28(18-20-30)38(41)42/h4-24,41-42H,3H2,1-2H3/b13-4-. The van der Waals surface area contributed by atoms with Crippen LogP contribution >= 0.6 is 0 Å². The summed E-state index contributed by atoms with van der Waals surface area (Å²) in [6.07, 6.45) is 5.46. The monoisotopic (exact) mass is 546 g/mol. The zero-order valence-electron chi connectivity index (χ0n) is 23.7. The number of para-hydroxylation sites is 2. The van der Waals surface area contributed by atoms with Crippen LogP contribution in [-0.4, -0.2) is 26.3 Å². The Labute approximate surface area is 245 Å². The predicted molar refractivity (Wildman–Crippen MR) is 177 cm³/mol. The molecule has 7 aromatic rings. The Morgan fingerprint density at radius 1 is 0.619 bits per heavy atom. The Kier molecular flexibility index (Phi) is 6.54. The Hall–Kier alpha value is -4.84. The van der Waals surface area contributed by atoms with E-state index < -0.39 is 7.12 Å². The number of allylic oxidation sites excluding steroid dienone is 1. The molecule has 2 aromatic heterocycles. The fourth-order valence-corrected chi connectivity index (χ4v) is 6.16. The lowest BCUT2D eigenvalue weighted by atomic mass is 9.80. The average Bonchev–Trinajstić information content (AvgIpc) is 3.51. The summed E-state index contributed by atoms with van der Waals surface area (Å²) in [6.45, 7) is 4.39. The molecule has 0 saturated carbocycles. The van der Waals surface area contributed by atoms with Gasteiger partial charge < -0.3 is 19.2 Å². The van der Waals surface area contributed by atoms with Crippen LogP contribution in [0.15, 0.2) is 121 Å². The molecule has 0 saturated heterocycles. The highest BCUT2D eigenvalue weighted by Crippen LogP contribution is 2.37. The number of hydrogen-bond donors (Lipinski definition) is 2. The maximum Gasteiger partial charge on any atom is 0.488 e. The second-order valence-electron chi connectivity index (χ2n) is 10.8. The minimum Gasteiger partial charge on any atom is -0.423 e. The van der Waals surface area contributed by atoms with E-state index in [0.29, 0.717) is 5.46 Å². The molecule has 2 N–H and O–H groups in total. The van der Waals surface area contributed by atoms with Crippen LogP contribution in [-0.2, 0) is 0 Å². The Morgan fingerprint density at radius 2 is 1.21 bits per heavy atom. The minimum atomic E-state index is -1.48. The quantitative estimate of drug-likeness (QED) is 0.209. The van der Waals surface area contributed by atoms with E-state index in [1.54, 1.807) is 12.1 Å². The van der Waals surface area contributed by atoms with Gasteiger partial charge in [-0.15, -0.1) is 0 Å². The second-order valence-corrected chi connectivity index (χ2v) is 10.8. The number of aromatic nitrogens is 2. The van der Waals surface area contributed by atoms with Crippen molar-refractivity contribution in [2.75, 3.05) is 0 Å². The van der Waals surface area contributed by atoms with Gasteiger partial charge in [0.1, 0.15) is 0 Å². The molecule has 2 heterocycles. The van der Waals surface area contributed by atoms with Gasteiger partial charge in [0.15, 0.2) is 0 Å². The molecule has 0 spiro atoms. The van der Waals surface area contributed by atoms with Crippen molar-refractivity contribution in [1.29, 1.82) is 0 Å². The molecule has 0 radical (unpaired) electrons. The number of fused-ring (bicyclic) bond motifs is 4. The van der Waals surface area contributed by atoms with Crippen molar-refractivity contribution in [1.82, 2.24) is 9.13 Å². The summed E-state index contributed by atoms with van der Waals surface area (Å²) in [4.78, 5) is 0. The van der Waals surface area contributed by atoms with Crippen LogP contribution in [0.1, 0.15) is 24.6 Å². The number of aryl methyl sites for hydroxylation is 1. The van der Waals surface area contributed by atoms with Crippen molar-refractivity contribution in [2.45, 2.75) is 20.3 Å². The summed E-state index contributed by atoms with van der Waals surface area (Å²) >= 11 is 0. The summed E-state index contributed by atoms with van der Waals surface area (Å²) in [7, 11) is -1.48. The highest BCUT2D eigenvalue weighted by atomic mass is 16.4. The molecule has 5 heteroatoms. The highest BCUT2D eigenvalue weighted by Gasteiger charge is 2.17. The molecule has 0 aliphatic carbocycles. The summed E-state index contributed by atoms with van der Waals surface area (Å²) in [5, 5.41) is 22.7. The van der Waals surface area contributed by atoms with Crippen molar-refractivity contribution in [3.8, 4) is 22.5 Å². The van der Waals surface area contributed by atoms with Crippen molar-refractivity contribution in [2.24, 2.45) is 0 Å². The Morgan fingerprint density at radius 3 is 1.90 bits per heavy atom. The minimum absolute atomic E-state index is 0.474. The van der Waals surface area contributed by atoms with E-state index >= 15 is 0 Å². The van der Waals surface area contributed by atoms with Gasteiger partial charge >= 0.3 is 7.12 Å². The smallest absolute Gasteiger partial charge is 0.423 e. The molecule has 0 amide bonds. The van der Waals surface area contributed by atoms with Gasteiger partial charge in [-0.3, -0.25) is 0 Å². The molecular weight excluding hydrogens is 515 g/mol. The first-order valence-electron chi connectivity index (χ1n) is 14.4. The first-order valence-corrected chi connectivity index (χ1v) is 14.4. The number of benzene rings is 5.